The number of hydrogen-bond acceptors (Lipinski definition) is 7. The molecule has 0 amide bonds. The third-order valence-corrected chi connectivity index (χ3v) is 2.90. The van der Waals surface area contributed by atoms with Crippen LogP contribution in [0.25, 0.3) is 0 Å². The molecular weight excluding hydrogens is 270 g/mol. The van der Waals surface area contributed by atoms with Gasteiger partial charge in [0.1, 0.15) is 5.69 Å². The molecule has 0 saturated heterocycles. The molecule has 0 spiro atoms. The standard InChI is InChI=1S/C14H19N5O2/c1-4-5-17-12(10-8-15-6-7-16-10)13-14(21-3)19-11(20-2)9-18-13/h6-9,12,17H,4-5H2,1-3H3. The topological polar surface area (TPSA) is 82.1 Å². The fourth-order valence-corrected chi connectivity index (χ4v) is 1.90. The highest BCUT2D eigenvalue weighted by Gasteiger charge is 2.22. The zero-order chi connectivity index (χ0) is 15.1. The van der Waals surface area contributed by atoms with E-state index in [1.54, 1.807) is 39.0 Å². The molecule has 0 fully saturated rings. The van der Waals surface area contributed by atoms with Gasteiger partial charge < -0.3 is 14.8 Å². The zero-order valence-electron chi connectivity index (χ0n) is 12.4. The van der Waals surface area contributed by atoms with Gasteiger partial charge in [0.15, 0.2) is 0 Å². The van der Waals surface area contributed by atoms with E-state index in [2.05, 4.69) is 32.2 Å². The van der Waals surface area contributed by atoms with Crippen LogP contribution < -0.4 is 14.8 Å². The van der Waals surface area contributed by atoms with E-state index in [9.17, 15) is 0 Å². The molecule has 112 valence electrons. The van der Waals surface area contributed by atoms with Crippen LogP contribution in [-0.4, -0.2) is 40.7 Å². The summed E-state index contributed by atoms with van der Waals surface area (Å²) in [6.45, 7) is 2.91. The second kappa shape index (κ2) is 7.49. The fraction of sp³-hybridized carbons (Fsp3) is 0.429. The lowest BCUT2D eigenvalue weighted by atomic mass is 10.1. The van der Waals surface area contributed by atoms with Gasteiger partial charge in [0, 0.05) is 12.4 Å². The van der Waals surface area contributed by atoms with E-state index in [0.717, 1.165) is 18.7 Å². The van der Waals surface area contributed by atoms with Crippen LogP contribution in [0.1, 0.15) is 30.8 Å². The first-order chi connectivity index (χ1) is 10.3. The van der Waals surface area contributed by atoms with Gasteiger partial charge >= 0.3 is 0 Å². The van der Waals surface area contributed by atoms with Gasteiger partial charge in [0.05, 0.1) is 38.3 Å². The predicted molar refractivity (Wildman–Crippen MR) is 77.3 cm³/mol. The van der Waals surface area contributed by atoms with Gasteiger partial charge in [-0.2, -0.15) is 4.98 Å². The van der Waals surface area contributed by atoms with Crippen molar-refractivity contribution in [3.63, 3.8) is 0 Å². The van der Waals surface area contributed by atoms with Crippen molar-refractivity contribution in [3.8, 4) is 11.8 Å². The van der Waals surface area contributed by atoms with Gasteiger partial charge in [-0.15, -0.1) is 0 Å². The maximum atomic E-state index is 5.33. The van der Waals surface area contributed by atoms with Crippen molar-refractivity contribution in [1.82, 2.24) is 25.3 Å². The molecule has 1 N–H and O–H groups in total. The summed E-state index contributed by atoms with van der Waals surface area (Å²) in [4.78, 5) is 17.1. The highest BCUT2D eigenvalue weighted by atomic mass is 16.5. The summed E-state index contributed by atoms with van der Waals surface area (Å²) < 4.78 is 10.4. The monoisotopic (exact) mass is 289 g/mol. The minimum Gasteiger partial charge on any atom is -0.480 e. The van der Waals surface area contributed by atoms with Crippen molar-refractivity contribution in [2.75, 3.05) is 20.8 Å². The zero-order valence-corrected chi connectivity index (χ0v) is 12.4. The predicted octanol–water partition coefficient (Wildman–Crippen LogP) is 1.37. The van der Waals surface area contributed by atoms with Crippen LogP contribution in [0.15, 0.2) is 24.8 Å². The van der Waals surface area contributed by atoms with Crippen LogP contribution in [0.4, 0.5) is 0 Å². The van der Waals surface area contributed by atoms with Crippen molar-refractivity contribution < 1.29 is 9.47 Å². The van der Waals surface area contributed by atoms with Gasteiger partial charge in [-0.3, -0.25) is 9.97 Å². The van der Waals surface area contributed by atoms with Crippen LogP contribution in [0.2, 0.25) is 0 Å². The van der Waals surface area contributed by atoms with Gasteiger partial charge in [0.25, 0.3) is 0 Å². The van der Waals surface area contributed by atoms with Crippen LogP contribution in [-0.2, 0) is 0 Å². The van der Waals surface area contributed by atoms with Crippen molar-refractivity contribution in [2.24, 2.45) is 0 Å². The molecule has 0 radical (unpaired) electrons. The largest absolute Gasteiger partial charge is 0.480 e. The van der Waals surface area contributed by atoms with Crippen molar-refractivity contribution in [1.29, 1.82) is 0 Å². The Kier molecular flexibility index (Phi) is 5.39. The Morgan fingerprint density at radius 1 is 1.14 bits per heavy atom. The summed E-state index contributed by atoms with van der Waals surface area (Å²) in [5.74, 6) is 0.817. The van der Waals surface area contributed by atoms with Crippen LogP contribution in [0, 0.1) is 0 Å². The third kappa shape index (κ3) is 3.63. The van der Waals surface area contributed by atoms with E-state index in [1.807, 2.05) is 0 Å². The summed E-state index contributed by atoms with van der Waals surface area (Å²) >= 11 is 0. The molecule has 0 saturated carbocycles. The molecule has 0 aromatic carbocycles. The Balaban J connectivity index is 2.41. The molecule has 2 aromatic heterocycles. The summed E-state index contributed by atoms with van der Waals surface area (Å²) in [5.41, 5.74) is 1.43. The summed E-state index contributed by atoms with van der Waals surface area (Å²) in [6, 6.07) is -0.230. The summed E-state index contributed by atoms with van der Waals surface area (Å²) in [6.07, 6.45) is 7.55. The molecule has 2 heterocycles. The molecule has 21 heavy (non-hydrogen) atoms. The highest BCUT2D eigenvalue weighted by Crippen LogP contribution is 2.26. The molecule has 7 nitrogen and oxygen atoms in total. The average Bonchev–Trinajstić information content (AvgIpc) is 2.56. The number of ether oxygens (including phenoxy) is 2. The van der Waals surface area contributed by atoms with Crippen LogP contribution in [0.5, 0.6) is 11.8 Å². The lowest BCUT2D eigenvalue weighted by molar-refractivity contribution is 0.352. The Labute approximate surface area is 123 Å². The van der Waals surface area contributed by atoms with Crippen molar-refractivity contribution >= 4 is 0 Å². The molecule has 2 rings (SSSR count). The summed E-state index contributed by atoms with van der Waals surface area (Å²) in [7, 11) is 3.10. The van der Waals surface area contributed by atoms with Crippen LogP contribution >= 0.6 is 0 Å². The van der Waals surface area contributed by atoms with E-state index < -0.39 is 0 Å². The second-order valence-corrected chi connectivity index (χ2v) is 4.32. The van der Waals surface area contributed by atoms with E-state index in [4.69, 9.17) is 9.47 Å². The second-order valence-electron chi connectivity index (χ2n) is 4.32. The number of aromatic nitrogens is 4. The smallest absolute Gasteiger partial charge is 0.240 e. The molecule has 0 aliphatic heterocycles. The molecule has 0 aliphatic carbocycles. The van der Waals surface area contributed by atoms with Gasteiger partial charge in [-0.05, 0) is 13.0 Å². The lowest BCUT2D eigenvalue weighted by Crippen LogP contribution is -2.26. The normalized spacial score (nSPS) is 12.0. The van der Waals surface area contributed by atoms with Crippen molar-refractivity contribution in [3.05, 3.63) is 36.2 Å². The average molecular weight is 289 g/mol. The number of nitrogens with one attached hydrogen (secondary N) is 1. The van der Waals surface area contributed by atoms with Crippen molar-refractivity contribution in [2.45, 2.75) is 19.4 Å². The molecule has 7 heteroatoms. The first kappa shape index (κ1) is 15.1. The van der Waals surface area contributed by atoms with E-state index in [-0.39, 0.29) is 6.04 Å². The van der Waals surface area contributed by atoms with E-state index in [1.165, 1.54) is 0 Å². The molecule has 1 unspecified atom stereocenters. The SMILES string of the molecule is CCCNC(c1cnccn1)c1ncc(OC)nc1OC. The first-order valence-electron chi connectivity index (χ1n) is 6.74. The maximum Gasteiger partial charge on any atom is 0.240 e. The quantitative estimate of drug-likeness (QED) is 0.824. The first-order valence-corrected chi connectivity index (χ1v) is 6.74. The van der Waals surface area contributed by atoms with Gasteiger partial charge in [-0.1, -0.05) is 6.92 Å². The number of methoxy groups -OCH3 is 2. The molecule has 0 bridgehead atoms. The number of nitrogens with zero attached hydrogens (tertiary/aromatic N) is 4. The Hall–Kier alpha value is -2.28. The fourth-order valence-electron chi connectivity index (χ4n) is 1.90. The van der Waals surface area contributed by atoms with Gasteiger partial charge in [-0.25, -0.2) is 4.98 Å². The lowest BCUT2D eigenvalue weighted by Gasteiger charge is -2.19. The minimum atomic E-state index is -0.230. The number of rotatable bonds is 7. The van der Waals surface area contributed by atoms with E-state index >= 15 is 0 Å². The number of hydrogen-bond donors (Lipinski definition) is 1. The molecular formula is C14H19N5O2. The van der Waals surface area contributed by atoms with Gasteiger partial charge in [0.2, 0.25) is 11.8 Å². The van der Waals surface area contributed by atoms with Crippen LogP contribution in [0.3, 0.4) is 0 Å². The minimum absolute atomic E-state index is 0.230. The Bertz CT molecular complexity index is 565. The Morgan fingerprint density at radius 3 is 2.62 bits per heavy atom. The maximum absolute atomic E-state index is 5.33. The molecule has 1 atom stereocenters. The van der Waals surface area contributed by atoms with E-state index in [0.29, 0.717) is 17.5 Å². The molecule has 2 aromatic rings. The Morgan fingerprint density at radius 2 is 2.00 bits per heavy atom. The molecule has 0 aliphatic rings. The summed E-state index contributed by atoms with van der Waals surface area (Å²) in [5, 5.41) is 3.39. The third-order valence-electron chi connectivity index (χ3n) is 2.90. The highest BCUT2D eigenvalue weighted by molar-refractivity contribution is 5.30.